The quantitative estimate of drug-likeness (QED) is 0.442. The van der Waals surface area contributed by atoms with Crippen molar-refractivity contribution in [1.82, 2.24) is 0 Å². The van der Waals surface area contributed by atoms with E-state index < -0.39 is 28.5 Å². The van der Waals surface area contributed by atoms with Gasteiger partial charge in [-0.15, -0.1) is 20.2 Å². The van der Waals surface area contributed by atoms with Crippen molar-refractivity contribution in [3.05, 3.63) is 55.6 Å². The summed E-state index contributed by atoms with van der Waals surface area (Å²) >= 11 is 0. The highest BCUT2D eigenvalue weighted by Crippen LogP contribution is 2.41. The molecule has 0 aliphatic carbocycles. The van der Waals surface area contributed by atoms with Gasteiger partial charge in [-0.1, -0.05) is 24.3 Å². The molecule has 2 aromatic rings. The summed E-state index contributed by atoms with van der Waals surface area (Å²) in [7, 11) is 3.16. The van der Waals surface area contributed by atoms with Crippen molar-refractivity contribution in [2.24, 2.45) is 0 Å². The van der Waals surface area contributed by atoms with Gasteiger partial charge in [0.2, 0.25) is 0 Å². The minimum absolute atomic E-state index is 0.179. The summed E-state index contributed by atoms with van der Waals surface area (Å²) in [6.07, 6.45) is -2.43. The summed E-state index contributed by atoms with van der Waals surface area (Å²) in [6.45, 7) is 1.73. The van der Waals surface area contributed by atoms with Crippen molar-refractivity contribution >= 4 is 10.8 Å². The van der Waals surface area contributed by atoms with E-state index in [0.717, 1.165) is 21.9 Å². The second-order valence-electron chi connectivity index (χ2n) is 6.79. The molecule has 11 heteroatoms. The molecule has 3 unspecified atom stereocenters. The Bertz CT molecular complexity index is 949. The SMILES string of the molecule is COc1c(C)c(CCC2OCC(O[N+](=O)[O-])C2O[N+](=O)[O-])c(OC)c2ccccc12. The van der Waals surface area contributed by atoms with Gasteiger partial charge in [-0.3, -0.25) is 0 Å². The van der Waals surface area contributed by atoms with Gasteiger partial charge in [0.1, 0.15) is 11.5 Å². The molecule has 0 aromatic heterocycles. The molecule has 0 spiro atoms. The van der Waals surface area contributed by atoms with Crippen LogP contribution in [0.2, 0.25) is 0 Å². The van der Waals surface area contributed by atoms with Gasteiger partial charge in [0.25, 0.3) is 10.2 Å². The Morgan fingerprint density at radius 3 is 2.20 bits per heavy atom. The van der Waals surface area contributed by atoms with Crippen LogP contribution >= 0.6 is 0 Å². The van der Waals surface area contributed by atoms with Gasteiger partial charge < -0.3 is 23.9 Å². The van der Waals surface area contributed by atoms with Crippen molar-refractivity contribution in [3.8, 4) is 11.5 Å². The molecular weight excluding hydrogens is 400 g/mol. The number of fused-ring (bicyclic) bond motifs is 1. The molecule has 1 fully saturated rings. The number of nitrogens with zero attached hydrogens (tertiary/aromatic N) is 2. The Kier molecular flexibility index (Phi) is 6.40. The van der Waals surface area contributed by atoms with E-state index in [4.69, 9.17) is 14.2 Å². The Morgan fingerprint density at radius 1 is 1.03 bits per heavy atom. The van der Waals surface area contributed by atoms with E-state index in [0.29, 0.717) is 24.3 Å². The number of methoxy groups -OCH3 is 2. The lowest BCUT2D eigenvalue weighted by atomic mass is 9.93. The van der Waals surface area contributed by atoms with Crippen molar-refractivity contribution in [1.29, 1.82) is 0 Å². The van der Waals surface area contributed by atoms with Gasteiger partial charge in [-0.2, -0.15) is 0 Å². The van der Waals surface area contributed by atoms with Gasteiger partial charge in [0, 0.05) is 16.3 Å². The van der Waals surface area contributed by atoms with E-state index in [9.17, 15) is 20.2 Å². The number of rotatable bonds is 9. The third-order valence-electron chi connectivity index (χ3n) is 5.21. The zero-order chi connectivity index (χ0) is 21.8. The third-order valence-corrected chi connectivity index (χ3v) is 5.21. The van der Waals surface area contributed by atoms with E-state index in [1.54, 1.807) is 14.2 Å². The third kappa shape index (κ3) is 4.15. The highest BCUT2D eigenvalue weighted by atomic mass is 17.0. The Hall–Kier alpha value is -3.34. The Labute approximate surface area is 171 Å². The molecule has 2 aromatic carbocycles. The smallest absolute Gasteiger partial charge is 0.294 e. The Balaban J connectivity index is 1.90. The minimum atomic E-state index is -1.21. The summed E-state index contributed by atoms with van der Waals surface area (Å²) in [4.78, 5) is 30.7. The first-order chi connectivity index (χ1) is 14.4. The molecule has 0 amide bonds. The van der Waals surface area contributed by atoms with Gasteiger partial charge in [-0.25, -0.2) is 0 Å². The summed E-state index contributed by atoms with van der Waals surface area (Å²) in [6, 6.07) is 7.66. The van der Waals surface area contributed by atoms with Crippen LogP contribution in [0.3, 0.4) is 0 Å². The predicted molar refractivity (Wildman–Crippen MR) is 104 cm³/mol. The predicted octanol–water partition coefficient (Wildman–Crippen LogP) is 2.65. The lowest BCUT2D eigenvalue weighted by Gasteiger charge is -2.22. The lowest BCUT2D eigenvalue weighted by molar-refractivity contribution is -0.797. The number of hydrogen-bond donors (Lipinski definition) is 0. The van der Waals surface area contributed by atoms with Crippen LogP contribution in [-0.2, 0) is 20.8 Å². The van der Waals surface area contributed by atoms with Gasteiger partial charge >= 0.3 is 0 Å². The van der Waals surface area contributed by atoms with E-state index >= 15 is 0 Å². The monoisotopic (exact) mass is 422 g/mol. The first-order valence-electron chi connectivity index (χ1n) is 9.23. The molecule has 0 radical (unpaired) electrons. The van der Waals surface area contributed by atoms with E-state index in [1.807, 2.05) is 31.2 Å². The highest BCUT2D eigenvalue weighted by molar-refractivity contribution is 5.96. The molecule has 1 aliphatic rings. The topological polar surface area (TPSA) is 132 Å². The molecule has 3 atom stereocenters. The molecule has 30 heavy (non-hydrogen) atoms. The highest BCUT2D eigenvalue weighted by Gasteiger charge is 2.42. The maximum atomic E-state index is 10.9. The molecule has 162 valence electrons. The van der Waals surface area contributed by atoms with Crippen LogP contribution in [0, 0.1) is 27.2 Å². The van der Waals surface area contributed by atoms with Crippen LogP contribution in [0.4, 0.5) is 0 Å². The van der Waals surface area contributed by atoms with E-state index in [1.165, 1.54) is 0 Å². The van der Waals surface area contributed by atoms with E-state index in [2.05, 4.69) is 9.68 Å². The molecule has 3 rings (SSSR count). The molecule has 0 N–H and O–H groups in total. The second kappa shape index (κ2) is 8.99. The zero-order valence-corrected chi connectivity index (χ0v) is 16.7. The fourth-order valence-electron chi connectivity index (χ4n) is 3.97. The molecule has 0 saturated carbocycles. The molecular formula is C19H22N2O9. The van der Waals surface area contributed by atoms with Gasteiger partial charge in [0.05, 0.1) is 26.9 Å². The van der Waals surface area contributed by atoms with E-state index in [-0.39, 0.29) is 6.61 Å². The van der Waals surface area contributed by atoms with Gasteiger partial charge in [0.15, 0.2) is 12.2 Å². The molecule has 1 heterocycles. The molecule has 1 saturated heterocycles. The van der Waals surface area contributed by atoms with Crippen LogP contribution in [0.25, 0.3) is 10.8 Å². The molecule has 11 nitrogen and oxygen atoms in total. The van der Waals surface area contributed by atoms with Crippen LogP contribution in [0.1, 0.15) is 17.5 Å². The normalized spacial score (nSPS) is 20.7. The minimum Gasteiger partial charge on any atom is -0.496 e. The molecule has 0 bridgehead atoms. The number of benzene rings is 2. The number of hydrogen-bond acceptors (Lipinski definition) is 9. The van der Waals surface area contributed by atoms with Crippen molar-refractivity contribution in [2.45, 2.75) is 38.1 Å². The zero-order valence-electron chi connectivity index (χ0n) is 16.7. The fraction of sp³-hybridized carbons (Fsp3) is 0.474. The van der Waals surface area contributed by atoms with Crippen molar-refractivity contribution in [2.75, 3.05) is 20.8 Å². The number of ether oxygens (including phenoxy) is 3. The van der Waals surface area contributed by atoms with Gasteiger partial charge in [-0.05, 0) is 25.3 Å². The first kappa shape index (κ1) is 21.4. The summed E-state index contributed by atoms with van der Waals surface area (Å²) in [5.41, 5.74) is 1.73. The fourth-order valence-corrected chi connectivity index (χ4v) is 3.97. The van der Waals surface area contributed by atoms with Crippen molar-refractivity contribution < 1.29 is 34.1 Å². The van der Waals surface area contributed by atoms with Crippen LogP contribution in [0.5, 0.6) is 11.5 Å². The average Bonchev–Trinajstić information content (AvgIpc) is 3.06. The van der Waals surface area contributed by atoms with Crippen LogP contribution in [0.15, 0.2) is 24.3 Å². The molecule has 1 aliphatic heterocycles. The van der Waals surface area contributed by atoms with Crippen LogP contribution < -0.4 is 9.47 Å². The van der Waals surface area contributed by atoms with Crippen LogP contribution in [-0.4, -0.2) is 49.3 Å². The maximum Gasteiger partial charge on any atom is 0.294 e. The summed E-state index contributed by atoms with van der Waals surface area (Å²) < 4.78 is 16.8. The lowest BCUT2D eigenvalue weighted by Crippen LogP contribution is -2.38. The van der Waals surface area contributed by atoms with Crippen molar-refractivity contribution in [3.63, 3.8) is 0 Å². The standard InChI is InChI=1S/C19H22N2O9/c1-11-12(18(27-3)14-7-5-4-6-13(14)17(11)26-2)8-9-15-19(30-21(24)25)16(10-28-15)29-20(22)23/h4-7,15-16,19H,8-10H2,1-3H3. The second-order valence-corrected chi connectivity index (χ2v) is 6.79. The maximum absolute atomic E-state index is 10.9. The first-order valence-corrected chi connectivity index (χ1v) is 9.23. The summed E-state index contributed by atoms with van der Waals surface area (Å²) in [5, 5.41) is 21.3. The Morgan fingerprint density at radius 2 is 1.63 bits per heavy atom. The average molecular weight is 422 g/mol. The summed E-state index contributed by atoms with van der Waals surface area (Å²) in [5.74, 6) is 1.38. The largest absolute Gasteiger partial charge is 0.496 e.